The van der Waals surface area contributed by atoms with E-state index in [0.717, 1.165) is 21.5 Å². The lowest BCUT2D eigenvalue weighted by Crippen LogP contribution is -2.12. The van der Waals surface area contributed by atoms with Gasteiger partial charge in [-0.1, -0.05) is 24.3 Å². The first-order valence-corrected chi connectivity index (χ1v) is 8.19. The molecular weight excluding hydrogens is 310 g/mol. The van der Waals surface area contributed by atoms with E-state index >= 15 is 0 Å². The number of ketones is 1. The van der Waals surface area contributed by atoms with Crippen molar-refractivity contribution in [3.8, 4) is 10.6 Å². The lowest BCUT2D eigenvalue weighted by molar-refractivity contribution is -0.141. The molecule has 3 rings (SSSR count). The van der Waals surface area contributed by atoms with E-state index in [0.29, 0.717) is 5.56 Å². The first-order chi connectivity index (χ1) is 11.2. The molecule has 0 radical (unpaired) electrons. The van der Waals surface area contributed by atoms with Gasteiger partial charge in [-0.25, -0.2) is 4.98 Å². The fourth-order valence-electron chi connectivity index (χ4n) is 2.39. The topological polar surface area (TPSA) is 56.3 Å². The number of Topliss-reactive ketones (excluding diaryl/α,β-unsaturated/α-hetero) is 1. The number of thiophene rings is 1. The van der Waals surface area contributed by atoms with Crippen molar-refractivity contribution in [3.05, 3.63) is 53.4 Å². The average Bonchev–Trinajstić information content (AvgIpc) is 3.08. The number of pyridine rings is 1. The summed E-state index contributed by atoms with van der Waals surface area (Å²) in [6, 6.07) is 13.1. The second-order valence-corrected chi connectivity index (χ2v) is 5.90. The molecule has 1 aromatic carbocycles. The number of carbonyl (C=O) groups excluding carboxylic acids is 2. The number of hydrogen-bond acceptors (Lipinski definition) is 5. The van der Waals surface area contributed by atoms with Gasteiger partial charge in [0.25, 0.3) is 0 Å². The monoisotopic (exact) mass is 325 g/mol. The molecule has 0 fully saturated rings. The standard InChI is InChI=1S/C18H15NO3S/c1-2-22-18(21)11-16(20)13-10-15(17-8-5-9-23-17)19-14-7-4-3-6-12(13)14/h3-10H,2,11H2,1H3. The van der Waals surface area contributed by atoms with Crippen LogP contribution in [0.15, 0.2) is 47.8 Å². The Hall–Kier alpha value is -2.53. The van der Waals surface area contributed by atoms with Gasteiger partial charge in [0, 0.05) is 10.9 Å². The van der Waals surface area contributed by atoms with Crippen molar-refractivity contribution in [1.29, 1.82) is 0 Å². The van der Waals surface area contributed by atoms with Crippen LogP contribution in [0.2, 0.25) is 0 Å². The Balaban J connectivity index is 2.07. The first kappa shape index (κ1) is 15.4. The van der Waals surface area contributed by atoms with Crippen LogP contribution in [0.25, 0.3) is 21.5 Å². The third-order valence-electron chi connectivity index (χ3n) is 3.40. The molecule has 3 aromatic rings. The van der Waals surface area contributed by atoms with Crippen LogP contribution in [0.1, 0.15) is 23.7 Å². The molecule has 0 N–H and O–H groups in total. The molecule has 0 bridgehead atoms. The van der Waals surface area contributed by atoms with E-state index in [-0.39, 0.29) is 18.8 Å². The molecule has 0 aliphatic heterocycles. The molecule has 4 nitrogen and oxygen atoms in total. The molecule has 0 saturated heterocycles. The number of nitrogens with zero attached hydrogens (tertiary/aromatic N) is 1. The number of rotatable bonds is 5. The van der Waals surface area contributed by atoms with E-state index in [2.05, 4.69) is 4.98 Å². The predicted octanol–water partition coefficient (Wildman–Crippen LogP) is 4.10. The first-order valence-electron chi connectivity index (χ1n) is 7.31. The van der Waals surface area contributed by atoms with Crippen molar-refractivity contribution in [2.24, 2.45) is 0 Å². The van der Waals surface area contributed by atoms with Crippen molar-refractivity contribution >= 4 is 34.0 Å². The summed E-state index contributed by atoms with van der Waals surface area (Å²) in [6.07, 6.45) is -0.258. The van der Waals surface area contributed by atoms with E-state index in [1.807, 2.05) is 41.8 Å². The Bertz CT molecular complexity index is 856. The highest BCUT2D eigenvalue weighted by Crippen LogP contribution is 2.28. The molecule has 0 unspecified atom stereocenters. The highest BCUT2D eigenvalue weighted by Gasteiger charge is 2.17. The van der Waals surface area contributed by atoms with Crippen LogP contribution in [0.4, 0.5) is 0 Å². The quantitative estimate of drug-likeness (QED) is 0.402. The molecular formula is C18H15NO3S. The Kier molecular flexibility index (Phi) is 4.48. The number of hydrogen-bond donors (Lipinski definition) is 0. The lowest BCUT2D eigenvalue weighted by Gasteiger charge is -2.08. The van der Waals surface area contributed by atoms with E-state index in [1.165, 1.54) is 0 Å². The van der Waals surface area contributed by atoms with Gasteiger partial charge in [-0.05, 0) is 30.5 Å². The third kappa shape index (κ3) is 3.29. The zero-order chi connectivity index (χ0) is 16.2. The second-order valence-electron chi connectivity index (χ2n) is 4.95. The smallest absolute Gasteiger partial charge is 0.313 e. The summed E-state index contributed by atoms with van der Waals surface area (Å²) in [5, 5.41) is 2.72. The van der Waals surface area contributed by atoms with Crippen LogP contribution in [0.5, 0.6) is 0 Å². The maximum Gasteiger partial charge on any atom is 0.313 e. The van der Waals surface area contributed by atoms with E-state index in [4.69, 9.17) is 4.74 Å². The van der Waals surface area contributed by atoms with Crippen LogP contribution in [-0.4, -0.2) is 23.3 Å². The molecule has 2 heterocycles. The SMILES string of the molecule is CCOC(=O)CC(=O)c1cc(-c2cccs2)nc2ccccc12. The minimum atomic E-state index is -0.504. The summed E-state index contributed by atoms with van der Waals surface area (Å²) in [5.74, 6) is -0.754. The summed E-state index contributed by atoms with van der Waals surface area (Å²) in [7, 11) is 0. The summed E-state index contributed by atoms with van der Waals surface area (Å²) < 4.78 is 4.88. The Morgan fingerprint density at radius 2 is 2.00 bits per heavy atom. The number of ether oxygens (including phenoxy) is 1. The molecule has 0 spiro atoms. The normalized spacial score (nSPS) is 10.7. The number of para-hydroxylation sites is 1. The fourth-order valence-corrected chi connectivity index (χ4v) is 3.08. The van der Waals surface area contributed by atoms with Crippen molar-refractivity contribution in [2.75, 3.05) is 6.61 Å². The van der Waals surface area contributed by atoms with Gasteiger partial charge < -0.3 is 4.74 Å². The Morgan fingerprint density at radius 3 is 2.74 bits per heavy atom. The van der Waals surface area contributed by atoms with Crippen molar-refractivity contribution < 1.29 is 14.3 Å². The predicted molar refractivity (Wildman–Crippen MR) is 90.6 cm³/mol. The van der Waals surface area contributed by atoms with E-state index in [9.17, 15) is 9.59 Å². The van der Waals surface area contributed by atoms with Crippen molar-refractivity contribution in [2.45, 2.75) is 13.3 Å². The number of benzene rings is 1. The summed E-state index contributed by atoms with van der Waals surface area (Å²) in [4.78, 5) is 29.8. The van der Waals surface area contributed by atoms with Crippen LogP contribution in [-0.2, 0) is 9.53 Å². The molecule has 5 heteroatoms. The number of esters is 1. The van der Waals surface area contributed by atoms with E-state index < -0.39 is 5.97 Å². The molecule has 23 heavy (non-hydrogen) atoms. The number of fused-ring (bicyclic) bond motifs is 1. The molecule has 0 atom stereocenters. The number of aromatic nitrogens is 1. The van der Waals surface area contributed by atoms with Crippen molar-refractivity contribution in [3.63, 3.8) is 0 Å². The van der Waals surface area contributed by atoms with Gasteiger partial charge in [0.05, 0.1) is 22.7 Å². The zero-order valence-electron chi connectivity index (χ0n) is 12.6. The fraction of sp³-hybridized carbons (Fsp3) is 0.167. The van der Waals surface area contributed by atoms with Crippen molar-refractivity contribution in [1.82, 2.24) is 4.98 Å². The summed E-state index contributed by atoms with van der Waals surface area (Å²) >= 11 is 1.56. The van der Waals surface area contributed by atoms with Gasteiger partial charge in [0.15, 0.2) is 5.78 Å². The molecule has 116 valence electrons. The molecule has 0 saturated carbocycles. The second kappa shape index (κ2) is 6.71. The number of carbonyl (C=O) groups is 2. The lowest BCUT2D eigenvalue weighted by atomic mass is 10.0. The molecule has 0 aliphatic carbocycles. The molecule has 0 aliphatic rings. The summed E-state index contributed by atoms with van der Waals surface area (Å²) in [5.41, 5.74) is 1.99. The van der Waals surface area contributed by atoms with Crippen LogP contribution in [0, 0.1) is 0 Å². The molecule has 0 amide bonds. The average molecular weight is 325 g/mol. The highest BCUT2D eigenvalue weighted by atomic mass is 32.1. The Labute approximate surface area is 137 Å². The molecule has 2 aromatic heterocycles. The van der Waals surface area contributed by atoms with Gasteiger partial charge in [0.1, 0.15) is 6.42 Å². The van der Waals surface area contributed by atoms with Gasteiger partial charge in [-0.2, -0.15) is 0 Å². The van der Waals surface area contributed by atoms with E-state index in [1.54, 1.807) is 24.3 Å². The summed E-state index contributed by atoms with van der Waals surface area (Å²) in [6.45, 7) is 1.99. The highest BCUT2D eigenvalue weighted by molar-refractivity contribution is 7.13. The van der Waals surface area contributed by atoms with Crippen LogP contribution in [0.3, 0.4) is 0 Å². The van der Waals surface area contributed by atoms with Crippen LogP contribution < -0.4 is 0 Å². The zero-order valence-corrected chi connectivity index (χ0v) is 13.4. The minimum Gasteiger partial charge on any atom is -0.466 e. The van der Waals surface area contributed by atoms with Gasteiger partial charge in [-0.3, -0.25) is 9.59 Å². The largest absolute Gasteiger partial charge is 0.466 e. The Morgan fingerprint density at radius 1 is 1.17 bits per heavy atom. The van der Waals surface area contributed by atoms with Gasteiger partial charge >= 0.3 is 5.97 Å². The van der Waals surface area contributed by atoms with Gasteiger partial charge in [0.2, 0.25) is 0 Å². The van der Waals surface area contributed by atoms with Gasteiger partial charge in [-0.15, -0.1) is 11.3 Å². The minimum absolute atomic E-state index is 0.250. The maximum absolute atomic E-state index is 12.5. The maximum atomic E-state index is 12.5. The van der Waals surface area contributed by atoms with Crippen LogP contribution >= 0.6 is 11.3 Å². The third-order valence-corrected chi connectivity index (χ3v) is 4.29.